The summed E-state index contributed by atoms with van der Waals surface area (Å²) < 4.78 is 19.3. The van der Waals surface area contributed by atoms with Crippen molar-refractivity contribution >= 4 is 11.7 Å². The topological polar surface area (TPSA) is 52.3 Å². The van der Waals surface area contributed by atoms with Crippen LogP contribution in [0.2, 0.25) is 0 Å². The number of benzene rings is 2. The Balaban J connectivity index is 1.86. The van der Waals surface area contributed by atoms with Crippen molar-refractivity contribution in [1.82, 2.24) is 0 Å². The SMILES string of the molecule is Nc1cccc(F)c1C(=O)OC1CCCc2ccccc21. The lowest BCUT2D eigenvalue weighted by Gasteiger charge is -2.25. The van der Waals surface area contributed by atoms with Crippen molar-refractivity contribution in [1.29, 1.82) is 0 Å². The van der Waals surface area contributed by atoms with Crippen LogP contribution in [0.4, 0.5) is 10.1 Å². The van der Waals surface area contributed by atoms with Crippen LogP contribution in [-0.2, 0) is 11.2 Å². The molecule has 0 saturated heterocycles. The fourth-order valence-electron chi connectivity index (χ4n) is 2.78. The smallest absolute Gasteiger partial charge is 0.343 e. The molecule has 0 spiro atoms. The minimum Gasteiger partial charge on any atom is -0.454 e. The van der Waals surface area contributed by atoms with Gasteiger partial charge in [-0.2, -0.15) is 0 Å². The molecule has 0 aromatic heterocycles. The molecular weight excluding hydrogens is 269 g/mol. The van der Waals surface area contributed by atoms with Crippen molar-refractivity contribution in [3.05, 3.63) is 65.0 Å². The van der Waals surface area contributed by atoms with Gasteiger partial charge in [0.15, 0.2) is 0 Å². The Bertz CT molecular complexity index is 664. The van der Waals surface area contributed by atoms with Gasteiger partial charge >= 0.3 is 5.97 Å². The van der Waals surface area contributed by atoms with Gasteiger partial charge in [-0.1, -0.05) is 30.3 Å². The Hall–Kier alpha value is -2.36. The number of carbonyl (C=O) groups excluding carboxylic acids is 1. The predicted molar refractivity (Wildman–Crippen MR) is 78.3 cm³/mol. The molecule has 1 atom stereocenters. The fourth-order valence-corrected chi connectivity index (χ4v) is 2.78. The van der Waals surface area contributed by atoms with Gasteiger partial charge in [-0.15, -0.1) is 0 Å². The molecule has 0 aliphatic heterocycles. The maximum Gasteiger partial charge on any atom is 0.343 e. The number of hydrogen-bond donors (Lipinski definition) is 1. The molecule has 108 valence electrons. The van der Waals surface area contributed by atoms with Crippen molar-refractivity contribution < 1.29 is 13.9 Å². The van der Waals surface area contributed by atoms with Crippen LogP contribution in [0.25, 0.3) is 0 Å². The molecule has 0 radical (unpaired) electrons. The molecule has 0 amide bonds. The summed E-state index contributed by atoms with van der Waals surface area (Å²) in [5.74, 6) is -1.35. The van der Waals surface area contributed by atoms with E-state index in [1.807, 2.05) is 24.3 Å². The Morgan fingerprint density at radius 3 is 2.81 bits per heavy atom. The van der Waals surface area contributed by atoms with Crippen LogP contribution in [0.15, 0.2) is 42.5 Å². The lowest BCUT2D eigenvalue weighted by Crippen LogP contribution is -2.18. The number of ether oxygens (including phenoxy) is 1. The summed E-state index contributed by atoms with van der Waals surface area (Å²) in [6.45, 7) is 0. The monoisotopic (exact) mass is 285 g/mol. The molecule has 3 rings (SSSR count). The molecule has 2 aromatic rings. The molecule has 2 N–H and O–H groups in total. The molecule has 0 heterocycles. The zero-order valence-electron chi connectivity index (χ0n) is 11.5. The summed E-state index contributed by atoms with van der Waals surface area (Å²) in [6.07, 6.45) is 2.34. The second-order valence-electron chi connectivity index (χ2n) is 5.19. The summed E-state index contributed by atoms with van der Waals surface area (Å²) >= 11 is 0. The number of fused-ring (bicyclic) bond motifs is 1. The van der Waals surface area contributed by atoms with Gasteiger partial charge in [0.1, 0.15) is 17.5 Å². The van der Waals surface area contributed by atoms with E-state index in [2.05, 4.69) is 0 Å². The highest BCUT2D eigenvalue weighted by Gasteiger charge is 2.26. The van der Waals surface area contributed by atoms with Crippen LogP contribution >= 0.6 is 0 Å². The van der Waals surface area contributed by atoms with E-state index in [1.165, 1.54) is 23.8 Å². The first-order valence-corrected chi connectivity index (χ1v) is 6.99. The summed E-state index contributed by atoms with van der Waals surface area (Å²) in [4.78, 5) is 12.2. The summed E-state index contributed by atoms with van der Waals surface area (Å²) in [5, 5.41) is 0. The number of rotatable bonds is 2. The first kappa shape index (κ1) is 13.6. The van der Waals surface area contributed by atoms with E-state index in [0.717, 1.165) is 24.8 Å². The Labute approximate surface area is 122 Å². The van der Waals surface area contributed by atoms with Gasteiger partial charge in [-0.3, -0.25) is 0 Å². The summed E-state index contributed by atoms with van der Waals surface area (Å²) in [5.41, 5.74) is 7.79. The number of anilines is 1. The van der Waals surface area contributed by atoms with Crippen LogP contribution < -0.4 is 5.73 Å². The van der Waals surface area contributed by atoms with Crippen molar-refractivity contribution in [3.8, 4) is 0 Å². The number of nitrogen functional groups attached to an aromatic ring is 1. The first-order chi connectivity index (χ1) is 10.2. The largest absolute Gasteiger partial charge is 0.454 e. The quantitative estimate of drug-likeness (QED) is 0.677. The molecule has 1 unspecified atom stereocenters. The molecule has 1 aliphatic rings. The second-order valence-corrected chi connectivity index (χ2v) is 5.19. The van der Waals surface area contributed by atoms with Crippen LogP contribution in [0.1, 0.15) is 40.4 Å². The van der Waals surface area contributed by atoms with Crippen molar-refractivity contribution in [2.45, 2.75) is 25.4 Å². The van der Waals surface area contributed by atoms with Crippen molar-refractivity contribution in [2.75, 3.05) is 5.73 Å². The van der Waals surface area contributed by atoms with Gasteiger partial charge in [0.25, 0.3) is 0 Å². The van der Waals surface area contributed by atoms with Gasteiger partial charge in [-0.05, 0) is 42.5 Å². The van der Waals surface area contributed by atoms with E-state index in [0.29, 0.717) is 0 Å². The van der Waals surface area contributed by atoms with Gasteiger partial charge in [0.2, 0.25) is 0 Å². The number of esters is 1. The Morgan fingerprint density at radius 1 is 1.19 bits per heavy atom. The van der Waals surface area contributed by atoms with E-state index in [1.54, 1.807) is 0 Å². The van der Waals surface area contributed by atoms with E-state index in [-0.39, 0.29) is 17.4 Å². The minimum absolute atomic E-state index is 0.101. The summed E-state index contributed by atoms with van der Waals surface area (Å²) in [6, 6.07) is 12.1. The van der Waals surface area contributed by atoms with Crippen LogP contribution in [-0.4, -0.2) is 5.97 Å². The lowest BCUT2D eigenvalue weighted by atomic mass is 9.89. The molecule has 0 bridgehead atoms. The molecular formula is C17H16FNO2. The molecule has 3 nitrogen and oxygen atoms in total. The van der Waals surface area contributed by atoms with Crippen molar-refractivity contribution in [3.63, 3.8) is 0 Å². The van der Waals surface area contributed by atoms with E-state index in [9.17, 15) is 9.18 Å². The number of carbonyl (C=O) groups is 1. The van der Waals surface area contributed by atoms with Gasteiger partial charge in [0, 0.05) is 5.69 Å². The molecule has 0 fully saturated rings. The lowest BCUT2D eigenvalue weighted by molar-refractivity contribution is 0.0252. The minimum atomic E-state index is -0.702. The summed E-state index contributed by atoms with van der Waals surface area (Å²) in [7, 11) is 0. The van der Waals surface area contributed by atoms with E-state index < -0.39 is 11.8 Å². The first-order valence-electron chi connectivity index (χ1n) is 6.99. The maximum atomic E-state index is 13.8. The molecule has 0 saturated carbocycles. The van der Waals surface area contributed by atoms with Crippen LogP contribution in [0.5, 0.6) is 0 Å². The Kier molecular flexibility index (Phi) is 3.60. The number of halogens is 1. The third-order valence-electron chi connectivity index (χ3n) is 3.81. The zero-order chi connectivity index (χ0) is 14.8. The average molecular weight is 285 g/mol. The average Bonchev–Trinajstić information content (AvgIpc) is 2.47. The van der Waals surface area contributed by atoms with Crippen LogP contribution in [0.3, 0.4) is 0 Å². The highest BCUT2D eigenvalue weighted by molar-refractivity contribution is 5.95. The molecule has 2 aromatic carbocycles. The number of hydrogen-bond acceptors (Lipinski definition) is 3. The fraction of sp³-hybridized carbons (Fsp3) is 0.235. The highest BCUT2D eigenvalue weighted by Crippen LogP contribution is 2.33. The van der Waals surface area contributed by atoms with Crippen LogP contribution in [0, 0.1) is 5.82 Å². The molecule has 4 heteroatoms. The molecule has 21 heavy (non-hydrogen) atoms. The van der Waals surface area contributed by atoms with E-state index >= 15 is 0 Å². The van der Waals surface area contributed by atoms with Gasteiger partial charge in [-0.25, -0.2) is 9.18 Å². The van der Waals surface area contributed by atoms with Gasteiger partial charge < -0.3 is 10.5 Å². The second kappa shape index (κ2) is 5.56. The third-order valence-corrected chi connectivity index (χ3v) is 3.81. The number of aryl methyl sites for hydroxylation is 1. The normalized spacial score (nSPS) is 17.1. The third kappa shape index (κ3) is 2.61. The standard InChI is InChI=1S/C17H16FNO2/c18-13-8-4-9-14(19)16(13)17(20)21-15-10-3-6-11-5-1-2-7-12(11)15/h1-2,4-5,7-9,15H,3,6,10,19H2. The van der Waals surface area contributed by atoms with Crippen molar-refractivity contribution in [2.24, 2.45) is 0 Å². The zero-order valence-corrected chi connectivity index (χ0v) is 11.5. The Morgan fingerprint density at radius 2 is 2.00 bits per heavy atom. The number of nitrogens with two attached hydrogens (primary N) is 1. The maximum absolute atomic E-state index is 13.8. The van der Waals surface area contributed by atoms with Gasteiger partial charge in [0.05, 0.1) is 0 Å². The highest BCUT2D eigenvalue weighted by atomic mass is 19.1. The predicted octanol–water partition coefficient (Wildman–Crippen LogP) is 3.64. The van der Waals surface area contributed by atoms with E-state index in [4.69, 9.17) is 10.5 Å². The molecule has 1 aliphatic carbocycles.